The van der Waals surface area contributed by atoms with Crippen LogP contribution in [0.25, 0.3) is 0 Å². The molecule has 0 radical (unpaired) electrons. The van der Waals surface area contributed by atoms with E-state index < -0.39 is 5.78 Å². The molecule has 70 valence electrons. The molecule has 0 aliphatic carbocycles. The average molecular weight is 201 g/mol. The molecule has 0 spiro atoms. The number of ketones is 1. The number of Topliss-reactive ketones (excluding diaryl/α,β-unsaturated/α-hetero) is 1. The molecular formula is C8H9ClN2O2. The summed E-state index contributed by atoms with van der Waals surface area (Å²) in [6, 6.07) is 2.74. The third-order valence-corrected chi connectivity index (χ3v) is 1.90. The van der Waals surface area contributed by atoms with E-state index in [0.717, 1.165) is 0 Å². The van der Waals surface area contributed by atoms with E-state index in [2.05, 4.69) is 0 Å². The Labute approximate surface area is 80.1 Å². The molecule has 0 aromatic heterocycles. The predicted molar refractivity (Wildman–Crippen MR) is 52.0 cm³/mol. The second-order valence-corrected chi connectivity index (χ2v) is 2.79. The van der Waals surface area contributed by atoms with Gasteiger partial charge in [0.2, 0.25) is 0 Å². The SMILES string of the molecule is Nc1ccc(O)c(N)c1C(=O)CCl. The Morgan fingerprint density at radius 2 is 2.08 bits per heavy atom. The highest BCUT2D eigenvalue weighted by Gasteiger charge is 2.14. The first kappa shape index (κ1) is 9.67. The highest BCUT2D eigenvalue weighted by Crippen LogP contribution is 2.29. The van der Waals surface area contributed by atoms with Gasteiger partial charge in [0, 0.05) is 5.69 Å². The van der Waals surface area contributed by atoms with E-state index in [-0.39, 0.29) is 28.6 Å². The zero-order valence-electron chi connectivity index (χ0n) is 6.75. The second kappa shape index (κ2) is 3.53. The smallest absolute Gasteiger partial charge is 0.181 e. The Balaban J connectivity index is 3.33. The lowest BCUT2D eigenvalue weighted by atomic mass is 10.1. The Kier molecular flexibility index (Phi) is 2.63. The molecule has 0 amide bonds. The van der Waals surface area contributed by atoms with E-state index in [1.54, 1.807) is 0 Å². The molecule has 5 heteroatoms. The van der Waals surface area contributed by atoms with Gasteiger partial charge in [-0.15, -0.1) is 11.6 Å². The molecule has 0 saturated carbocycles. The quantitative estimate of drug-likeness (QED) is 0.218. The fourth-order valence-corrected chi connectivity index (χ4v) is 1.14. The van der Waals surface area contributed by atoms with Crippen LogP contribution in [0.2, 0.25) is 0 Å². The predicted octanol–water partition coefficient (Wildman–Crippen LogP) is 0.978. The maximum absolute atomic E-state index is 11.2. The minimum Gasteiger partial charge on any atom is -0.506 e. The molecule has 13 heavy (non-hydrogen) atoms. The van der Waals surface area contributed by atoms with Gasteiger partial charge in [0.25, 0.3) is 0 Å². The van der Waals surface area contributed by atoms with Crippen molar-refractivity contribution in [2.75, 3.05) is 17.3 Å². The van der Waals surface area contributed by atoms with Crippen LogP contribution in [0.5, 0.6) is 5.75 Å². The Hall–Kier alpha value is -1.42. The normalized spacial score (nSPS) is 9.92. The zero-order chi connectivity index (χ0) is 10.0. The van der Waals surface area contributed by atoms with E-state index in [0.29, 0.717) is 0 Å². The molecule has 0 unspecified atom stereocenters. The zero-order valence-corrected chi connectivity index (χ0v) is 7.51. The molecule has 0 heterocycles. The van der Waals surface area contributed by atoms with Gasteiger partial charge in [-0.3, -0.25) is 4.79 Å². The summed E-state index contributed by atoms with van der Waals surface area (Å²) < 4.78 is 0. The summed E-state index contributed by atoms with van der Waals surface area (Å²) in [5, 5.41) is 9.19. The monoisotopic (exact) mass is 200 g/mol. The summed E-state index contributed by atoms with van der Waals surface area (Å²) in [7, 11) is 0. The van der Waals surface area contributed by atoms with Gasteiger partial charge in [0.15, 0.2) is 5.78 Å². The largest absolute Gasteiger partial charge is 0.506 e. The number of nitrogen functional groups attached to an aromatic ring is 2. The van der Waals surface area contributed by atoms with Crippen LogP contribution in [-0.4, -0.2) is 16.8 Å². The number of phenolic OH excluding ortho intramolecular Hbond substituents is 1. The van der Waals surface area contributed by atoms with E-state index >= 15 is 0 Å². The topological polar surface area (TPSA) is 89.3 Å². The minimum absolute atomic E-state index is 0.0225. The third kappa shape index (κ3) is 1.67. The maximum Gasteiger partial charge on any atom is 0.181 e. The van der Waals surface area contributed by atoms with Crippen LogP contribution in [0.15, 0.2) is 12.1 Å². The lowest BCUT2D eigenvalue weighted by Gasteiger charge is -2.07. The molecule has 0 bridgehead atoms. The summed E-state index contributed by atoms with van der Waals surface area (Å²) in [4.78, 5) is 11.2. The van der Waals surface area contributed by atoms with Crippen molar-refractivity contribution in [3.05, 3.63) is 17.7 Å². The average Bonchev–Trinajstić information content (AvgIpc) is 2.12. The molecule has 0 atom stereocenters. The Morgan fingerprint density at radius 3 is 2.62 bits per heavy atom. The number of hydrogen-bond acceptors (Lipinski definition) is 4. The van der Waals surface area contributed by atoms with Crippen LogP contribution in [0, 0.1) is 0 Å². The number of rotatable bonds is 2. The number of halogens is 1. The van der Waals surface area contributed by atoms with Crippen molar-refractivity contribution >= 4 is 28.8 Å². The fraction of sp³-hybridized carbons (Fsp3) is 0.125. The molecule has 0 fully saturated rings. The number of benzene rings is 1. The number of hydrogen-bond donors (Lipinski definition) is 3. The van der Waals surface area contributed by atoms with Crippen LogP contribution in [0.1, 0.15) is 10.4 Å². The summed E-state index contributed by atoms with van der Waals surface area (Å²) in [5.74, 6) is -0.770. The van der Waals surface area contributed by atoms with Gasteiger partial charge < -0.3 is 16.6 Å². The van der Waals surface area contributed by atoms with Crippen LogP contribution in [0.4, 0.5) is 11.4 Å². The van der Waals surface area contributed by atoms with Crippen LogP contribution >= 0.6 is 11.6 Å². The van der Waals surface area contributed by atoms with Gasteiger partial charge in [-0.1, -0.05) is 0 Å². The van der Waals surface area contributed by atoms with Crippen molar-refractivity contribution in [3.8, 4) is 5.75 Å². The molecule has 4 nitrogen and oxygen atoms in total. The Morgan fingerprint density at radius 1 is 1.46 bits per heavy atom. The highest BCUT2D eigenvalue weighted by molar-refractivity contribution is 6.32. The molecule has 0 aliphatic rings. The number of alkyl halides is 1. The van der Waals surface area contributed by atoms with Crippen molar-refractivity contribution in [1.29, 1.82) is 0 Å². The third-order valence-electron chi connectivity index (χ3n) is 1.65. The van der Waals surface area contributed by atoms with Crippen molar-refractivity contribution in [2.24, 2.45) is 0 Å². The molecular weight excluding hydrogens is 192 g/mol. The lowest BCUT2D eigenvalue weighted by Crippen LogP contribution is -2.08. The molecule has 1 rings (SSSR count). The van der Waals surface area contributed by atoms with Gasteiger partial charge in [-0.25, -0.2) is 0 Å². The number of carbonyl (C=O) groups excluding carboxylic acids is 1. The van der Waals surface area contributed by atoms with Gasteiger partial charge >= 0.3 is 0 Å². The van der Waals surface area contributed by atoms with Gasteiger partial charge in [0.1, 0.15) is 5.75 Å². The number of carbonyl (C=O) groups is 1. The molecule has 0 saturated heterocycles. The Bertz CT molecular complexity index is 352. The summed E-state index contributed by atoms with van der Waals surface area (Å²) in [6.07, 6.45) is 0. The van der Waals surface area contributed by atoms with E-state index in [1.165, 1.54) is 12.1 Å². The number of phenols is 1. The van der Waals surface area contributed by atoms with Crippen molar-refractivity contribution in [3.63, 3.8) is 0 Å². The number of nitrogens with two attached hydrogens (primary N) is 2. The fourth-order valence-electron chi connectivity index (χ4n) is 1.00. The summed E-state index contributed by atoms with van der Waals surface area (Å²) >= 11 is 5.34. The molecule has 5 N–H and O–H groups in total. The molecule has 1 aromatic rings. The summed E-state index contributed by atoms with van der Waals surface area (Å²) in [5.41, 5.74) is 11.2. The standard InChI is InChI=1S/C8H9ClN2O2/c9-3-6(13)7-4(10)1-2-5(12)8(7)11/h1-2,12H,3,10-11H2. The van der Waals surface area contributed by atoms with Crippen LogP contribution in [-0.2, 0) is 0 Å². The first-order valence-corrected chi connectivity index (χ1v) is 4.07. The van der Waals surface area contributed by atoms with E-state index in [1.807, 2.05) is 0 Å². The lowest BCUT2D eigenvalue weighted by molar-refractivity contribution is 0.102. The van der Waals surface area contributed by atoms with E-state index in [4.69, 9.17) is 23.1 Å². The van der Waals surface area contributed by atoms with Gasteiger partial charge in [-0.2, -0.15) is 0 Å². The molecule has 0 aliphatic heterocycles. The number of aromatic hydroxyl groups is 1. The molecule has 1 aromatic carbocycles. The van der Waals surface area contributed by atoms with Gasteiger partial charge in [-0.05, 0) is 12.1 Å². The van der Waals surface area contributed by atoms with Crippen LogP contribution in [0.3, 0.4) is 0 Å². The van der Waals surface area contributed by atoms with Crippen molar-refractivity contribution in [1.82, 2.24) is 0 Å². The second-order valence-electron chi connectivity index (χ2n) is 2.52. The van der Waals surface area contributed by atoms with Crippen molar-refractivity contribution in [2.45, 2.75) is 0 Å². The first-order valence-electron chi connectivity index (χ1n) is 3.54. The minimum atomic E-state index is -0.396. The summed E-state index contributed by atoms with van der Waals surface area (Å²) in [6.45, 7) is 0. The highest BCUT2D eigenvalue weighted by atomic mass is 35.5. The van der Waals surface area contributed by atoms with Crippen LogP contribution < -0.4 is 11.5 Å². The van der Waals surface area contributed by atoms with Gasteiger partial charge in [0.05, 0.1) is 17.1 Å². The maximum atomic E-state index is 11.2. The first-order chi connectivity index (χ1) is 6.07. The van der Waals surface area contributed by atoms with Crippen molar-refractivity contribution < 1.29 is 9.90 Å². The van der Waals surface area contributed by atoms with E-state index in [9.17, 15) is 9.90 Å². The number of anilines is 2.